The molecule has 8 nitrogen and oxygen atoms in total. The van der Waals surface area contributed by atoms with Gasteiger partial charge in [0, 0.05) is 29.8 Å². The smallest absolute Gasteiger partial charge is 0.248 e. The van der Waals surface area contributed by atoms with Crippen LogP contribution in [0.2, 0.25) is 0 Å². The van der Waals surface area contributed by atoms with E-state index in [2.05, 4.69) is 37.4 Å². The van der Waals surface area contributed by atoms with Gasteiger partial charge >= 0.3 is 0 Å². The Morgan fingerprint density at radius 2 is 1.95 bits per heavy atom. The lowest BCUT2D eigenvalue weighted by molar-refractivity contribution is -0.111. The Bertz CT molecular complexity index is 1440. The van der Waals surface area contributed by atoms with Crippen LogP contribution in [0.5, 0.6) is 5.75 Å². The number of halogens is 1. The molecule has 0 bridgehead atoms. The Labute approximate surface area is 241 Å². The van der Waals surface area contributed by atoms with E-state index in [9.17, 15) is 9.18 Å². The number of carbonyl (C=O) groups is 1. The van der Waals surface area contributed by atoms with Crippen molar-refractivity contribution in [1.29, 1.82) is 0 Å². The maximum atomic E-state index is 13.8. The van der Waals surface area contributed by atoms with E-state index in [-0.39, 0.29) is 11.7 Å². The number of nitrogens with one attached hydrogen (secondary N) is 2. The summed E-state index contributed by atoms with van der Waals surface area (Å²) in [5, 5.41) is 7.05. The van der Waals surface area contributed by atoms with Gasteiger partial charge in [0.25, 0.3) is 0 Å². The van der Waals surface area contributed by atoms with E-state index in [0.717, 1.165) is 30.7 Å². The van der Waals surface area contributed by atoms with Crippen LogP contribution in [0.4, 0.5) is 21.6 Å². The molecular weight excluding hydrogens is 519 g/mol. The molecule has 1 saturated carbocycles. The molecule has 3 aliphatic rings. The molecule has 1 amide bonds. The van der Waals surface area contributed by atoms with Crippen LogP contribution in [-0.2, 0) is 4.79 Å². The number of carbonyl (C=O) groups excluding carboxylic acids is 1. The number of aryl methyl sites for hydroxylation is 1. The Kier molecular flexibility index (Phi) is 7.90. The van der Waals surface area contributed by atoms with Gasteiger partial charge < -0.3 is 20.3 Å². The average molecular weight is 559 g/mol. The summed E-state index contributed by atoms with van der Waals surface area (Å²) in [7, 11) is 2.20. The van der Waals surface area contributed by atoms with Crippen LogP contribution < -0.4 is 15.4 Å². The molecule has 0 radical (unpaired) electrons. The number of fused-ring (bicyclic) bond motifs is 1. The number of piperidine rings is 1. The second-order valence-electron chi connectivity index (χ2n) is 12.1. The van der Waals surface area contributed by atoms with Crippen LogP contribution in [-0.4, -0.2) is 72.1 Å². The lowest BCUT2D eigenvalue weighted by Gasteiger charge is -2.51. The third-order valence-corrected chi connectivity index (χ3v) is 8.96. The van der Waals surface area contributed by atoms with Gasteiger partial charge in [-0.1, -0.05) is 6.08 Å². The van der Waals surface area contributed by atoms with Gasteiger partial charge in [0.15, 0.2) is 0 Å². The number of likely N-dealkylation sites (tertiary alicyclic amines) is 2. The van der Waals surface area contributed by atoms with Crippen molar-refractivity contribution in [2.24, 2.45) is 11.3 Å². The lowest BCUT2D eigenvalue weighted by Crippen LogP contribution is -2.47. The van der Waals surface area contributed by atoms with Gasteiger partial charge in [-0.2, -0.15) is 0 Å². The van der Waals surface area contributed by atoms with Crippen molar-refractivity contribution in [3.05, 3.63) is 60.2 Å². The van der Waals surface area contributed by atoms with Crippen molar-refractivity contribution in [3.63, 3.8) is 0 Å². The van der Waals surface area contributed by atoms with Crippen LogP contribution >= 0.6 is 0 Å². The first-order chi connectivity index (χ1) is 19.9. The van der Waals surface area contributed by atoms with Gasteiger partial charge in [0.05, 0.1) is 17.8 Å². The Hall–Kier alpha value is -3.56. The van der Waals surface area contributed by atoms with Crippen molar-refractivity contribution in [1.82, 2.24) is 19.8 Å². The zero-order valence-corrected chi connectivity index (χ0v) is 24.0. The Morgan fingerprint density at radius 1 is 1.15 bits per heavy atom. The van der Waals surface area contributed by atoms with Gasteiger partial charge in [-0.3, -0.25) is 9.69 Å². The minimum Gasteiger partial charge on any atom is -0.491 e. The highest BCUT2D eigenvalue weighted by atomic mass is 19.1. The Balaban J connectivity index is 1.21. The molecule has 2 N–H and O–H groups in total. The summed E-state index contributed by atoms with van der Waals surface area (Å²) in [4.78, 5) is 26.6. The standard InChI is InChI=1S/C32H39FN6O2/c1-22-15-24(6-7-26(22)33)36-31-25-16-28(37-30(40)5-3-10-39-11-4-12-39)29(17-27(25)34-21-35-31)41-20-23-18-32(19-23)8-13-38(2)14-9-32/h3,5-7,15-17,21,23H,4,8-14,18-20H2,1-2H3,(H,37,40)(H,34,35,36)/b5-3+. The first-order valence-electron chi connectivity index (χ1n) is 14.7. The first-order valence-corrected chi connectivity index (χ1v) is 14.7. The molecule has 2 aliphatic heterocycles. The second kappa shape index (κ2) is 11.7. The molecule has 9 heteroatoms. The van der Waals surface area contributed by atoms with E-state index >= 15 is 0 Å². The summed E-state index contributed by atoms with van der Waals surface area (Å²) < 4.78 is 20.2. The predicted octanol–water partition coefficient (Wildman–Crippen LogP) is 5.52. The molecule has 3 aromatic rings. The second-order valence-corrected chi connectivity index (χ2v) is 12.1. The van der Waals surface area contributed by atoms with Crippen molar-refractivity contribution >= 4 is 34.0 Å². The number of ether oxygens (including phenoxy) is 1. The van der Waals surface area contributed by atoms with E-state index in [1.807, 2.05) is 18.2 Å². The first kappa shape index (κ1) is 27.6. The summed E-state index contributed by atoms with van der Waals surface area (Å²) >= 11 is 0. The highest BCUT2D eigenvalue weighted by Crippen LogP contribution is 2.52. The van der Waals surface area contributed by atoms with E-state index in [4.69, 9.17) is 4.74 Å². The molecule has 3 heterocycles. The highest BCUT2D eigenvalue weighted by molar-refractivity contribution is 6.03. The largest absolute Gasteiger partial charge is 0.491 e. The molecule has 6 rings (SSSR count). The number of hydrogen-bond acceptors (Lipinski definition) is 7. The van der Waals surface area contributed by atoms with Crippen LogP contribution in [0.25, 0.3) is 10.9 Å². The number of hydrogen-bond donors (Lipinski definition) is 2. The van der Waals surface area contributed by atoms with E-state index in [0.29, 0.717) is 46.3 Å². The molecule has 0 atom stereocenters. The molecule has 1 spiro atoms. The topological polar surface area (TPSA) is 82.6 Å². The maximum Gasteiger partial charge on any atom is 0.248 e. The summed E-state index contributed by atoms with van der Waals surface area (Å²) in [5.41, 5.74) is 3.02. The molecule has 0 unspecified atom stereocenters. The van der Waals surface area contributed by atoms with Crippen molar-refractivity contribution in [2.75, 3.05) is 57.0 Å². The molecule has 2 saturated heterocycles. The van der Waals surface area contributed by atoms with Crippen LogP contribution in [0.1, 0.15) is 37.7 Å². The summed E-state index contributed by atoms with van der Waals surface area (Å²) in [6, 6.07) is 8.59. The molecule has 1 aromatic heterocycles. The van der Waals surface area contributed by atoms with Crippen LogP contribution in [0.3, 0.4) is 0 Å². The molecule has 3 fully saturated rings. The third-order valence-electron chi connectivity index (χ3n) is 8.96. The molecule has 41 heavy (non-hydrogen) atoms. The van der Waals surface area contributed by atoms with Crippen molar-refractivity contribution in [3.8, 4) is 5.75 Å². The van der Waals surface area contributed by atoms with Gasteiger partial charge in [0.2, 0.25) is 5.91 Å². The van der Waals surface area contributed by atoms with Gasteiger partial charge in [0.1, 0.15) is 23.7 Å². The number of anilines is 3. The maximum absolute atomic E-state index is 13.8. The van der Waals surface area contributed by atoms with Crippen molar-refractivity contribution in [2.45, 2.75) is 39.0 Å². The molecular formula is C32H39FN6O2. The quantitative estimate of drug-likeness (QED) is 0.335. The zero-order valence-electron chi connectivity index (χ0n) is 24.0. The van der Waals surface area contributed by atoms with E-state index in [1.54, 1.807) is 25.1 Å². The van der Waals surface area contributed by atoms with Gasteiger partial charge in [-0.25, -0.2) is 14.4 Å². The fourth-order valence-corrected chi connectivity index (χ4v) is 6.30. The number of rotatable bonds is 9. The van der Waals surface area contributed by atoms with Gasteiger partial charge in [-0.15, -0.1) is 0 Å². The SMILES string of the molecule is Cc1cc(Nc2ncnc3cc(OCC4CC5(CCN(C)CC5)C4)c(NC(=O)/C=C/CN4CCC4)cc23)ccc1F. The number of nitrogens with zero attached hydrogens (tertiary/aromatic N) is 4. The minimum absolute atomic E-state index is 0.204. The fraction of sp³-hybridized carbons (Fsp3) is 0.469. The molecule has 1 aliphatic carbocycles. The van der Waals surface area contributed by atoms with E-state index in [1.165, 1.54) is 57.6 Å². The summed E-state index contributed by atoms with van der Waals surface area (Å²) in [5.74, 6) is 1.22. The van der Waals surface area contributed by atoms with Crippen molar-refractivity contribution < 1.29 is 13.9 Å². The van der Waals surface area contributed by atoms with E-state index < -0.39 is 0 Å². The van der Waals surface area contributed by atoms with Crippen LogP contribution in [0.15, 0.2) is 48.8 Å². The Morgan fingerprint density at radius 3 is 2.68 bits per heavy atom. The monoisotopic (exact) mass is 558 g/mol. The third kappa shape index (κ3) is 6.36. The van der Waals surface area contributed by atoms with Gasteiger partial charge in [-0.05, 0) is 113 Å². The minimum atomic E-state index is -0.259. The lowest BCUT2D eigenvalue weighted by atomic mass is 9.58. The average Bonchev–Trinajstić information content (AvgIpc) is 2.91. The highest BCUT2D eigenvalue weighted by Gasteiger charge is 2.45. The normalized spacial score (nSPS) is 19.3. The predicted molar refractivity (Wildman–Crippen MR) is 160 cm³/mol. The number of aromatic nitrogens is 2. The molecule has 216 valence electrons. The van der Waals surface area contributed by atoms with Crippen LogP contribution in [0, 0.1) is 24.1 Å². The number of benzene rings is 2. The summed E-state index contributed by atoms with van der Waals surface area (Å²) in [6.45, 7) is 7.62. The zero-order chi connectivity index (χ0) is 28.4. The fourth-order valence-electron chi connectivity index (χ4n) is 6.30. The molecule has 2 aromatic carbocycles. The summed E-state index contributed by atoms with van der Waals surface area (Å²) in [6.07, 6.45) is 11.1. The number of amides is 1.